The number of rotatable bonds is 5. The van der Waals surface area contributed by atoms with Crippen molar-refractivity contribution in [3.05, 3.63) is 169 Å². The first-order valence-corrected chi connectivity index (χ1v) is 13.9. The molecule has 208 valence electrons. The van der Waals surface area contributed by atoms with E-state index < -0.39 is 0 Å². The number of amidine groups is 2. The lowest BCUT2D eigenvalue weighted by Crippen LogP contribution is -2.35. The first kappa shape index (κ1) is 27.4. The lowest BCUT2D eigenvalue weighted by Gasteiger charge is -2.32. The highest BCUT2D eigenvalue weighted by molar-refractivity contribution is 6.12. The smallest absolute Gasteiger partial charge is 0.178 e. The maximum atomic E-state index is 5.02. The molecule has 0 bridgehead atoms. The van der Waals surface area contributed by atoms with Crippen molar-refractivity contribution in [1.82, 2.24) is 24.8 Å². The summed E-state index contributed by atoms with van der Waals surface area (Å²) >= 11 is 0. The minimum atomic E-state index is -0.247. The largest absolute Gasteiger partial charge is 0.333 e. The molecule has 1 unspecified atom stereocenters. The van der Waals surface area contributed by atoms with Gasteiger partial charge >= 0.3 is 0 Å². The van der Waals surface area contributed by atoms with E-state index in [0.29, 0.717) is 5.84 Å². The summed E-state index contributed by atoms with van der Waals surface area (Å²) in [6, 6.07) is 38.3. The number of hydrogen-bond acceptors (Lipinski definition) is 7. The Balaban J connectivity index is 0.000000491. The molecule has 0 amide bonds. The zero-order valence-corrected chi connectivity index (χ0v) is 23.6. The van der Waals surface area contributed by atoms with Crippen LogP contribution in [0.15, 0.2) is 162 Å². The van der Waals surface area contributed by atoms with Crippen LogP contribution in [-0.4, -0.2) is 43.6 Å². The van der Waals surface area contributed by atoms with Crippen molar-refractivity contribution in [2.75, 3.05) is 7.05 Å². The van der Waals surface area contributed by atoms with E-state index in [1.807, 2.05) is 80.1 Å². The molecule has 7 rings (SSSR count). The minimum Gasteiger partial charge on any atom is -0.333 e. The summed E-state index contributed by atoms with van der Waals surface area (Å²) in [6.07, 6.45) is 10.5. The van der Waals surface area contributed by atoms with Crippen LogP contribution < -0.4 is 0 Å². The molecule has 1 aliphatic rings. The van der Waals surface area contributed by atoms with Gasteiger partial charge in [0.05, 0.1) is 5.69 Å². The number of nitrogens with zero attached hydrogens (tertiary/aromatic N) is 7. The summed E-state index contributed by atoms with van der Waals surface area (Å²) in [5.74, 6) is 1.45. The third-order valence-corrected chi connectivity index (χ3v) is 6.93. The van der Waals surface area contributed by atoms with Crippen molar-refractivity contribution in [2.24, 2.45) is 9.98 Å². The van der Waals surface area contributed by atoms with E-state index in [-0.39, 0.29) is 6.17 Å². The van der Waals surface area contributed by atoms with Crippen molar-refractivity contribution in [3.63, 3.8) is 0 Å². The molecule has 0 spiro atoms. The van der Waals surface area contributed by atoms with Crippen LogP contribution in [0.2, 0.25) is 0 Å². The fourth-order valence-electron chi connectivity index (χ4n) is 4.73. The molecule has 1 aliphatic heterocycles. The summed E-state index contributed by atoms with van der Waals surface area (Å²) in [6.45, 7) is 0. The Morgan fingerprint density at radius 3 is 1.72 bits per heavy atom. The van der Waals surface area contributed by atoms with E-state index in [1.54, 1.807) is 24.8 Å². The first-order chi connectivity index (χ1) is 21.3. The van der Waals surface area contributed by atoms with Gasteiger partial charge in [0.25, 0.3) is 0 Å². The van der Waals surface area contributed by atoms with Crippen LogP contribution in [0.1, 0.15) is 23.0 Å². The summed E-state index contributed by atoms with van der Waals surface area (Å²) in [5, 5.41) is 0. The monoisotopic (exact) mass is 559 g/mol. The highest BCUT2D eigenvalue weighted by atomic mass is 15.3. The van der Waals surface area contributed by atoms with E-state index in [2.05, 4.69) is 79.4 Å². The molecular weight excluding hydrogens is 530 g/mol. The lowest BCUT2D eigenvalue weighted by atomic mass is 10.0. The summed E-state index contributed by atoms with van der Waals surface area (Å²) < 4.78 is 0. The van der Waals surface area contributed by atoms with Crippen LogP contribution in [-0.2, 0) is 0 Å². The highest BCUT2D eigenvalue weighted by Gasteiger charge is 2.27. The van der Waals surface area contributed by atoms with E-state index in [9.17, 15) is 0 Å². The van der Waals surface area contributed by atoms with Gasteiger partial charge in [0.2, 0.25) is 0 Å². The average molecular weight is 560 g/mol. The Bertz CT molecular complexity index is 1760. The summed E-state index contributed by atoms with van der Waals surface area (Å²) in [5.41, 5.74) is 7.01. The molecule has 0 N–H and O–H groups in total. The molecule has 43 heavy (non-hydrogen) atoms. The Labute approximate surface area is 251 Å². The van der Waals surface area contributed by atoms with Crippen LogP contribution in [0.3, 0.4) is 0 Å². The molecule has 0 saturated carbocycles. The molecule has 1 atom stereocenters. The second-order valence-electron chi connectivity index (χ2n) is 9.77. The van der Waals surface area contributed by atoms with Gasteiger partial charge in [-0.2, -0.15) is 0 Å². The predicted molar refractivity (Wildman–Crippen MR) is 171 cm³/mol. The van der Waals surface area contributed by atoms with Crippen molar-refractivity contribution in [2.45, 2.75) is 6.17 Å². The SMILES string of the molecule is CN1C(c2ccc(-c3ccccn3)cc2)=NC(c2ccccn2)=NC1c1ccc(-c2cccnc2)cc1.c1ccncc1. The molecule has 0 saturated heterocycles. The second kappa shape index (κ2) is 13.2. The number of aromatic nitrogens is 4. The van der Waals surface area contributed by atoms with Gasteiger partial charge in [-0.15, -0.1) is 0 Å². The molecule has 2 aromatic carbocycles. The van der Waals surface area contributed by atoms with Gasteiger partial charge in [0.15, 0.2) is 12.0 Å². The van der Waals surface area contributed by atoms with E-state index in [1.165, 1.54) is 0 Å². The van der Waals surface area contributed by atoms with Crippen LogP contribution in [0.4, 0.5) is 0 Å². The fourth-order valence-corrected chi connectivity index (χ4v) is 4.73. The van der Waals surface area contributed by atoms with Crippen molar-refractivity contribution in [3.8, 4) is 22.4 Å². The van der Waals surface area contributed by atoms with Gasteiger partial charge in [-0.25, -0.2) is 9.98 Å². The average Bonchev–Trinajstić information content (AvgIpc) is 3.11. The van der Waals surface area contributed by atoms with Gasteiger partial charge in [-0.05, 0) is 59.2 Å². The molecule has 7 heteroatoms. The Kier molecular flexibility index (Phi) is 8.42. The normalized spacial score (nSPS) is 14.2. The van der Waals surface area contributed by atoms with Gasteiger partial charge in [-0.3, -0.25) is 19.9 Å². The predicted octanol–water partition coefficient (Wildman–Crippen LogP) is 7.12. The topological polar surface area (TPSA) is 79.5 Å². The maximum absolute atomic E-state index is 5.02. The molecule has 6 aromatic rings. The van der Waals surface area contributed by atoms with Gasteiger partial charge in [0, 0.05) is 55.4 Å². The molecule has 0 aliphatic carbocycles. The zero-order chi connectivity index (χ0) is 29.3. The Hall–Kier alpha value is -5.82. The van der Waals surface area contributed by atoms with E-state index >= 15 is 0 Å². The maximum Gasteiger partial charge on any atom is 0.178 e. The lowest BCUT2D eigenvalue weighted by molar-refractivity contribution is 0.382. The number of hydrogen-bond donors (Lipinski definition) is 0. The van der Waals surface area contributed by atoms with Crippen molar-refractivity contribution < 1.29 is 0 Å². The van der Waals surface area contributed by atoms with E-state index in [0.717, 1.165) is 45.0 Å². The fraction of sp³-hybridized carbons (Fsp3) is 0.0556. The molecule has 5 heterocycles. The molecule has 0 radical (unpaired) electrons. The van der Waals surface area contributed by atoms with Crippen LogP contribution in [0.25, 0.3) is 22.4 Å². The molecular formula is C36H29N7. The van der Waals surface area contributed by atoms with Crippen LogP contribution >= 0.6 is 0 Å². The Morgan fingerprint density at radius 2 is 1.14 bits per heavy atom. The second-order valence-corrected chi connectivity index (χ2v) is 9.77. The number of benzene rings is 2. The minimum absolute atomic E-state index is 0.247. The van der Waals surface area contributed by atoms with Gasteiger partial charge in [-0.1, -0.05) is 72.8 Å². The highest BCUT2D eigenvalue weighted by Crippen LogP contribution is 2.30. The van der Waals surface area contributed by atoms with Crippen LogP contribution in [0, 0.1) is 0 Å². The summed E-state index contributed by atoms with van der Waals surface area (Å²) in [7, 11) is 2.03. The standard InChI is InChI=1S/C31H24N6.C5H5N/c1-37-30(24-14-10-22(11-15-24)26-7-6-18-32-21-26)35-29(28-9-3-5-20-34-28)36-31(37)25-16-12-23(13-17-25)27-8-2-4-19-33-27;1-2-4-6-5-3-1/h2-21,30H,1H3;1-5H. The third-order valence-electron chi connectivity index (χ3n) is 6.93. The molecule has 0 fully saturated rings. The third kappa shape index (κ3) is 6.57. The quantitative estimate of drug-likeness (QED) is 0.225. The van der Waals surface area contributed by atoms with E-state index in [4.69, 9.17) is 9.98 Å². The first-order valence-electron chi connectivity index (χ1n) is 13.9. The summed E-state index contributed by atoms with van der Waals surface area (Å²) in [4.78, 5) is 29.1. The van der Waals surface area contributed by atoms with Crippen LogP contribution in [0.5, 0.6) is 0 Å². The number of aliphatic imine (C=N–C) groups is 2. The Morgan fingerprint density at radius 1 is 0.512 bits per heavy atom. The zero-order valence-electron chi connectivity index (χ0n) is 23.6. The number of pyridine rings is 4. The van der Waals surface area contributed by atoms with Crippen molar-refractivity contribution >= 4 is 11.7 Å². The molecule has 4 aromatic heterocycles. The van der Waals surface area contributed by atoms with Gasteiger partial charge < -0.3 is 4.90 Å². The van der Waals surface area contributed by atoms with Crippen molar-refractivity contribution in [1.29, 1.82) is 0 Å². The van der Waals surface area contributed by atoms with Gasteiger partial charge in [0.1, 0.15) is 11.5 Å². The molecule has 7 nitrogen and oxygen atoms in total.